The summed E-state index contributed by atoms with van der Waals surface area (Å²) in [6.07, 6.45) is -3.94. The molecule has 0 aliphatic carbocycles. The topological polar surface area (TPSA) is 42.4 Å². The van der Waals surface area contributed by atoms with Crippen molar-refractivity contribution >= 4 is 0 Å². The van der Waals surface area contributed by atoms with Crippen LogP contribution in [-0.2, 0) is 6.18 Å². The van der Waals surface area contributed by atoms with Gasteiger partial charge in [0.1, 0.15) is 5.75 Å². The van der Waals surface area contributed by atoms with Crippen LogP contribution in [-0.4, -0.2) is 16.7 Å². The van der Waals surface area contributed by atoms with Crippen LogP contribution in [0.2, 0.25) is 0 Å². The Morgan fingerprint density at radius 2 is 2.12 bits per heavy atom. The van der Waals surface area contributed by atoms with Gasteiger partial charge >= 0.3 is 6.18 Å². The van der Waals surface area contributed by atoms with Crippen LogP contribution in [0.3, 0.4) is 0 Å². The van der Waals surface area contributed by atoms with E-state index in [0.717, 1.165) is 6.07 Å². The second kappa shape index (κ2) is 5.35. The van der Waals surface area contributed by atoms with Crippen LogP contribution >= 0.6 is 0 Å². The largest absolute Gasteiger partial charge is 0.492 e. The lowest BCUT2D eigenvalue weighted by molar-refractivity contribution is -0.139. The number of rotatable bonds is 4. The summed E-state index contributed by atoms with van der Waals surface area (Å²) < 4.78 is 43.2. The van der Waals surface area contributed by atoms with E-state index in [9.17, 15) is 18.3 Å². The van der Waals surface area contributed by atoms with Gasteiger partial charge in [0, 0.05) is 0 Å². The summed E-state index contributed by atoms with van der Waals surface area (Å²) in [5.41, 5.74) is -1.34. The predicted molar refractivity (Wildman–Crippen MR) is 55.7 cm³/mol. The number of aliphatic hydroxyl groups is 1. The van der Waals surface area contributed by atoms with Crippen molar-refractivity contribution in [1.29, 1.82) is 0 Å². The molecule has 1 rings (SSSR count). The number of ether oxygens (including phenoxy) is 1. The number of pyridine rings is 1. The molecule has 0 fully saturated rings. The van der Waals surface area contributed by atoms with E-state index in [0.29, 0.717) is 13.0 Å². The highest BCUT2D eigenvalue weighted by molar-refractivity contribution is 5.32. The Balaban J connectivity index is 3.11. The van der Waals surface area contributed by atoms with E-state index in [1.807, 2.05) is 6.92 Å². The minimum Gasteiger partial charge on any atom is -0.492 e. The highest BCUT2D eigenvalue weighted by atomic mass is 19.4. The lowest BCUT2D eigenvalue weighted by atomic mass is 10.1. The Bertz CT molecular complexity index is 377. The maximum absolute atomic E-state index is 12.7. The molecule has 1 unspecified atom stereocenters. The highest BCUT2D eigenvalue weighted by Gasteiger charge is 2.35. The fraction of sp³-hybridized carbons (Fsp3) is 0.545. The van der Waals surface area contributed by atoms with Crippen molar-refractivity contribution in [1.82, 2.24) is 4.98 Å². The van der Waals surface area contributed by atoms with Gasteiger partial charge in [0.05, 0.1) is 30.2 Å². The molecule has 0 aliphatic heterocycles. The minimum atomic E-state index is -4.55. The van der Waals surface area contributed by atoms with E-state index in [-0.39, 0.29) is 11.4 Å². The van der Waals surface area contributed by atoms with Crippen molar-refractivity contribution in [2.24, 2.45) is 0 Å². The Morgan fingerprint density at radius 1 is 1.47 bits per heavy atom. The first kappa shape index (κ1) is 13.8. The van der Waals surface area contributed by atoms with Gasteiger partial charge in [0.25, 0.3) is 0 Å². The average Bonchev–Trinajstić information content (AvgIpc) is 2.24. The van der Waals surface area contributed by atoms with Gasteiger partial charge in [-0.05, 0) is 19.4 Å². The van der Waals surface area contributed by atoms with E-state index in [4.69, 9.17) is 4.74 Å². The first-order chi connectivity index (χ1) is 7.86. The molecular formula is C11H14F3NO2. The van der Waals surface area contributed by atoms with Gasteiger partial charge in [-0.25, -0.2) is 0 Å². The summed E-state index contributed by atoms with van der Waals surface area (Å²) >= 11 is 0. The van der Waals surface area contributed by atoms with Gasteiger partial charge in [-0.15, -0.1) is 0 Å². The van der Waals surface area contributed by atoms with Crippen LogP contribution in [0.1, 0.15) is 37.6 Å². The van der Waals surface area contributed by atoms with Crippen LogP contribution in [0, 0.1) is 0 Å². The molecular weight excluding hydrogens is 235 g/mol. The van der Waals surface area contributed by atoms with Crippen molar-refractivity contribution in [2.75, 3.05) is 6.61 Å². The van der Waals surface area contributed by atoms with Crippen molar-refractivity contribution < 1.29 is 23.0 Å². The van der Waals surface area contributed by atoms with E-state index in [1.54, 1.807) is 0 Å². The Labute approximate surface area is 97.2 Å². The molecule has 1 N–H and O–H groups in total. The molecule has 0 saturated carbocycles. The standard InChI is InChI=1S/C11H14F3NO2/c1-3-4-17-8-5-9(11(12,13)14)10(7(2)16)15-6-8/h5-7,16H,3-4H2,1-2H3. The monoisotopic (exact) mass is 249 g/mol. The third kappa shape index (κ3) is 3.59. The second-order valence-corrected chi connectivity index (χ2v) is 3.63. The van der Waals surface area contributed by atoms with E-state index >= 15 is 0 Å². The van der Waals surface area contributed by atoms with Gasteiger partial charge in [-0.1, -0.05) is 6.92 Å². The maximum Gasteiger partial charge on any atom is 0.418 e. The molecule has 96 valence electrons. The fourth-order valence-corrected chi connectivity index (χ4v) is 1.31. The lowest BCUT2D eigenvalue weighted by Gasteiger charge is -2.15. The van der Waals surface area contributed by atoms with Crippen LogP contribution in [0.4, 0.5) is 13.2 Å². The molecule has 17 heavy (non-hydrogen) atoms. The lowest BCUT2D eigenvalue weighted by Crippen LogP contribution is -2.13. The zero-order chi connectivity index (χ0) is 13.1. The van der Waals surface area contributed by atoms with E-state index in [1.165, 1.54) is 13.1 Å². The van der Waals surface area contributed by atoms with Crippen molar-refractivity contribution in [3.8, 4) is 5.75 Å². The maximum atomic E-state index is 12.7. The average molecular weight is 249 g/mol. The highest BCUT2D eigenvalue weighted by Crippen LogP contribution is 2.35. The smallest absolute Gasteiger partial charge is 0.418 e. The summed E-state index contributed by atoms with van der Waals surface area (Å²) in [5, 5.41) is 9.23. The molecule has 1 heterocycles. The normalized spacial score (nSPS) is 13.5. The summed E-state index contributed by atoms with van der Waals surface area (Å²) in [6, 6.07) is 0.866. The minimum absolute atomic E-state index is 0.0589. The zero-order valence-electron chi connectivity index (χ0n) is 9.58. The van der Waals surface area contributed by atoms with Crippen molar-refractivity contribution in [3.63, 3.8) is 0 Å². The van der Waals surface area contributed by atoms with Crippen molar-refractivity contribution in [2.45, 2.75) is 32.5 Å². The Kier molecular flexibility index (Phi) is 4.34. The molecule has 0 radical (unpaired) electrons. The number of halogens is 3. The number of hydrogen-bond donors (Lipinski definition) is 1. The Morgan fingerprint density at radius 3 is 2.59 bits per heavy atom. The molecule has 3 nitrogen and oxygen atoms in total. The summed E-state index contributed by atoms with van der Waals surface area (Å²) in [7, 11) is 0. The Hall–Kier alpha value is -1.30. The second-order valence-electron chi connectivity index (χ2n) is 3.63. The molecule has 6 heteroatoms. The molecule has 1 aromatic heterocycles. The fourth-order valence-electron chi connectivity index (χ4n) is 1.31. The summed E-state index contributed by atoms with van der Waals surface area (Å²) in [4.78, 5) is 3.60. The molecule has 0 amide bonds. The first-order valence-corrected chi connectivity index (χ1v) is 5.24. The van der Waals surface area contributed by atoms with Gasteiger partial charge in [0.2, 0.25) is 0 Å². The van der Waals surface area contributed by atoms with E-state index < -0.39 is 17.8 Å². The van der Waals surface area contributed by atoms with Gasteiger partial charge in [-0.3, -0.25) is 4.98 Å². The third-order valence-corrected chi connectivity index (χ3v) is 2.07. The van der Waals surface area contributed by atoms with E-state index in [2.05, 4.69) is 4.98 Å². The molecule has 0 spiro atoms. The van der Waals surface area contributed by atoms with Gasteiger partial charge in [0.15, 0.2) is 0 Å². The molecule has 0 saturated heterocycles. The number of aromatic nitrogens is 1. The number of alkyl halides is 3. The third-order valence-electron chi connectivity index (χ3n) is 2.07. The number of nitrogens with zero attached hydrogens (tertiary/aromatic N) is 1. The first-order valence-electron chi connectivity index (χ1n) is 5.24. The number of aliphatic hydroxyl groups excluding tert-OH is 1. The molecule has 0 aliphatic rings. The summed E-state index contributed by atoms with van der Waals surface area (Å²) in [5.74, 6) is 0.0589. The van der Waals surface area contributed by atoms with Crippen LogP contribution in [0.5, 0.6) is 5.75 Å². The molecule has 0 bridgehead atoms. The van der Waals surface area contributed by atoms with Crippen LogP contribution in [0.15, 0.2) is 12.3 Å². The predicted octanol–water partition coefficient (Wildman–Crippen LogP) is 2.94. The quantitative estimate of drug-likeness (QED) is 0.892. The molecule has 1 atom stereocenters. The van der Waals surface area contributed by atoms with Crippen LogP contribution < -0.4 is 4.74 Å². The zero-order valence-corrected chi connectivity index (χ0v) is 9.58. The van der Waals surface area contributed by atoms with Crippen LogP contribution in [0.25, 0.3) is 0 Å². The van der Waals surface area contributed by atoms with Gasteiger partial charge < -0.3 is 9.84 Å². The van der Waals surface area contributed by atoms with Gasteiger partial charge in [-0.2, -0.15) is 13.2 Å². The SMILES string of the molecule is CCCOc1cnc(C(C)O)c(C(F)(F)F)c1. The number of hydrogen-bond acceptors (Lipinski definition) is 3. The van der Waals surface area contributed by atoms with Crippen molar-refractivity contribution in [3.05, 3.63) is 23.5 Å². The molecule has 0 aromatic carbocycles. The molecule has 1 aromatic rings. The summed E-state index contributed by atoms with van der Waals surface area (Å²) in [6.45, 7) is 3.42.